The zero-order chi connectivity index (χ0) is 53.6. The van der Waals surface area contributed by atoms with E-state index in [4.69, 9.17) is 54.2 Å². The molecule has 6 aromatic heterocycles. The first-order valence-electron chi connectivity index (χ1n) is 26.3. The molecule has 0 radical (unpaired) electrons. The molecule has 2 N–H and O–H groups in total. The van der Waals surface area contributed by atoms with Crippen LogP contribution in [-0.4, -0.2) is 164 Å². The van der Waals surface area contributed by atoms with Crippen LogP contribution in [0.1, 0.15) is 63.0 Å². The highest BCUT2D eigenvalue weighted by atomic mass is 35.5. The van der Waals surface area contributed by atoms with Crippen LogP contribution in [-0.2, 0) is 48.0 Å². The lowest BCUT2D eigenvalue weighted by Gasteiger charge is -2.30. The van der Waals surface area contributed by atoms with Crippen molar-refractivity contribution in [1.82, 2.24) is 65.1 Å². The molecule has 0 aliphatic carbocycles. The highest BCUT2D eigenvalue weighted by molar-refractivity contribution is 6.32. The monoisotopic (exact) mass is 1160 g/mol. The number of nitrogens with one attached hydrogen (secondary N) is 2. The number of hydrogen-bond acceptors (Lipinski definition) is 20. The number of aromatic nitrogens is 12. The first kappa shape index (κ1) is 61.4. The van der Waals surface area contributed by atoms with E-state index in [2.05, 4.69) is 85.0 Å². The van der Waals surface area contributed by atoms with Crippen LogP contribution in [0.5, 0.6) is 0 Å². The number of carbonyl (C=O) groups is 1. The van der Waals surface area contributed by atoms with E-state index in [0.29, 0.717) is 36.0 Å². The van der Waals surface area contributed by atoms with Gasteiger partial charge in [-0.25, -0.2) is 64.6 Å². The van der Waals surface area contributed by atoms with Gasteiger partial charge in [0.1, 0.15) is 16.8 Å². The number of amides is 2. The van der Waals surface area contributed by atoms with Crippen molar-refractivity contribution in [3.05, 3.63) is 129 Å². The molecule has 1 aromatic carbocycles. The molecule has 12 rings (SSSR count). The van der Waals surface area contributed by atoms with Crippen molar-refractivity contribution in [3.63, 3.8) is 0 Å². The van der Waals surface area contributed by atoms with E-state index >= 15 is 0 Å². The Labute approximate surface area is 489 Å². The van der Waals surface area contributed by atoms with E-state index in [1.165, 1.54) is 11.1 Å². The molecule has 25 heteroatoms. The van der Waals surface area contributed by atoms with Crippen molar-refractivity contribution in [3.8, 4) is 11.4 Å². The molecule has 22 nitrogen and oxygen atoms in total. The summed E-state index contributed by atoms with van der Waals surface area (Å²) in [5.41, 5.74) is 8.03. The lowest BCUT2D eigenvalue weighted by atomic mass is 10.1. The number of carbonyl (C=O) groups excluding carboxylic acids is 1. The second kappa shape index (κ2) is 30.0. The van der Waals surface area contributed by atoms with Gasteiger partial charge in [-0.3, -0.25) is 0 Å². The number of benzene rings is 1. The molecule has 0 spiro atoms. The highest BCUT2D eigenvalue weighted by Gasteiger charge is 2.28. The van der Waals surface area contributed by atoms with Gasteiger partial charge in [-0.2, -0.15) is 0 Å². The molecule has 0 atom stereocenters. The molecule has 7 aromatic rings. The first-order valence-corrected chi connectivity index (χ1v) is 27.4. The predicted molar refractivity (Wildman–Crippen MR) is 320 cm³/mol. The molecule has 2 amide bonds. The van der Waals surface area contributed by atoms with Gasteiger partial charge in [0.2, 0.25) is 28.4 Å². The maximum Gasteiger partial charge on any atom is 0.319 e. The summed E-state index contributed by atoms with van der Waals surface area (Å²) in [6, 6.07) is 12.9. The fraction of sp³-hybridized carbons (Fsp3) is 0.446. The van der Waals surface area contributed by atoms with Crippen LogP contribution in [0.2, 0.25) is 15.7 Å². The number of fused-ring (bicyclic) bond motifs is 3. The number of halogens is 3. The van der Waals surface area contributed by atoms with E-state index in [1.807, 2.05) is 43.3 Å². The Balaban J connectivity index is 0.000000181. The molecular formula is C56H72Cl3N19O3. The average molecular weight is 1170 g/mol. The quantitative estimate of drug-likeness (QED) is 0.109. The summed E-state index contributed by atoms with van der Waals surface area (Å²) in [5.74, 6) is 4.89. The third kappa shape index (κ3) is 15.8. The third-order valence-corrected chi connectivity index (χ3v) is 14.4. The van der Waals surface area contributed by atoms with Gasteiger partial charge in [0, 0.05) is 156 Å². The molecule has 430 valence electrons. The van der Waals surface area contributed by atoms with E-state index in [0.717, 1.165) is 181 Å². The second-order valence-corrected chi connectivity index (χ2v) is 19.6. The second-order valence-electron chi connectivity index (χ2n) is 18.6. The summed E-state index contributed by atoms with van der Waals surface area (Å²) in [6.07, 6.45) is 15.4. The molecule has 2 saturated heterocycles. The van der Waals surface area contributed by atoms with Crippen molar-refractivity contribution in [2.24, 2.45) is 0 Å². The third-order valence-electron chi connectivity index (χ3n) is 13.7. The fourth-order valence-electron chi connectivity index (χ4n) is 9.86. The number of rotatable bonds is 8. The maximum atomic E-state index is 11.8. The Morgan fingerprint density at radius 3 is 1.33 bits per heavy atom. The Hall–Kier alpha value is -7.24. The van der Waals surface area contributed by atoms with E-state index in [-0.39, 0.29) is 33.6 Å². The Bertz CT molecular complexity index is 3090. The van der Waals surface area contributed by atoms with E-state index in [9.17, 15) is 4.79 Å². The van der Waals surface area contributed by atoms with Gasteiger partial charge in [0.15, 0.2) is 5.82 Å². The minimum absolute atomic E-state index is 0. The SMILES string of the molecule is C.C.C.CCNC(=O)Nc1ccc(-c2nc3c(c(N4CCOCC4)n2)CCN(c2ncccn2)CC3)cc1.Clc1nc(Cl)c2c(n1)CCN(c1ncccn1)CC2.Clc1nc2c(c(N3CCOCC3)n1)CCN(c1ncccn1)CC2. The van der Waals surface area contributed by atoms with Crippen molar-refractivity contribution in [2.45, 2.75) is 67.7 Å². The van der Waals surface area contributed by atoms with Gasteiger partial charge in [-0.15, -0.1) is 0 Å². The van der Waals surface area contributed by atoms with Crippen LogP contribution in [0.3, 0.4) is 0 Å². The van der Waals surface area contributed by atoms with Crippen LogP contribution < -0.4 is 35.1 Å². The maximum absolute atomic E-state index is 11.8. The summed E-state index contributed by atoms with van der Waals surface area (Å²) in [7, 11) is 0. The molecule has 81 heavy (non-hydrogen) atoms. The molecule has 0 unspecified atom stereocenters. The topological polar surface area (TPSA) is 230 Å². The number of nitrogens with zero attached hydrogens (tertiary/aromatic N) is 17. The number of morpholine rings is 2. The molecule has 11 heterocycles. The van der Waals surface area contributed by atoms with Crippen molar-refractivity contribution < 1.29 is 14.3 Å². The molecule has 5 aliphatic rings. The summed E-state index contributed by atoms with van der Waals surface area (Å²) >= 11 is 18.2. The number of ether oxygens (including phenoxy) is 2. The first-order chi connectivity index (χ1) is 38.3. The van der Waals surface area contributed by atoms with Gasteiger partial charge in [-0.05, 0) is 91.9 Å². The van der Waals surface area contributed by atoms with Crippen LogP contribution in [0.25, 0.3) is 11.4 Å². The van der Waals surface area contributed by atoms with Gasteiger partial charge < -0.3 is 44.6 Å². The van der Waals surface area contributed by atoms with E-state index < -0.39 is 0 Å². The van der Waals surface area contributed by atoms with Gasteiger partial charge in [0.05, 0.1) is 43.5 Å². The highest BCUT2D eigenvalue weighted by Crippen LogP contribution is 2.31. The van der Waals surface area contributed by atoms with E-state index in [1.54, 1.807) is 43.2 Å². The summed E-state index contributed by atoms with van der Waals surface area (Å²) < 4.78 is 11.0. The molecule has 0 saturated carbocycles. The van der Waals surface area contributed by atoms with Crippen LogP contribution in [0.15, 0.2) is 79.6 Å². The van der Waals surface area contributed by atoms with Gasteiger partial charge in [-0.1, -0.05) is 33.9 Å². The molecule has 0 bridgehead atoms. The lowest BCUT2D eigenvalue weighted by molar-refractivity contribution is 0.122. The molecule has 5 aliphatic heterocycles. The van der Waals surface area contributed by atoms with Crippen molar-refractivity contribution in [1.29, 1.82) is 0 Å². The zero-order valence-corrected chi connectivity index (χ0v) is 45.6. The minimum atomic E-state index is -0.219. The zero-order valence-electron chi connectivity index (χ0n) is 43.3. The standard InChI is InChI=1S/C25H30N8O2.C16H19ClN6O.C12H11Cl2N5.3CH4/c1-2-26-25(34)29-19-6-4-18(5-7-19)22-30-21-9-13-33(24-27-10-3-11-28-24)12-8-20(21)23(31-22)32-14-16-35-17-15-32;17-15-20-13-3-7-23(16-18-4-1-5-19-16)6-2-12(13)14(21-15)22-8-10-24-11-9-22;13-10-8-2-6-19(12-15-4-1-5-16-12)7-3-9(8)17-11(14)18-10;;;/h3-7,10-11H,2,8-9,12-17H2,1H3,(H2,26,29,34);1,4-5H,2-3,6-11H2;1,4-5H,2-3,6-7H2;3*1H4. The van der Waals surface area contributed by atoms with Gasteiger partial charge >= 0.3 is 6.03 Å². The lowest BCUT2D eigenvalue weighted by Crippen LogP contribution is -2.38. The smallest absolute Gasteiger partial charge is 0.319 e. The van der Waals surface area contributed by atoms with Crippen LogP contribution in [0.4, 0.5) is 40.0 Å². The molecule has 2 fully saturated rings. The molecular weight excluding hydrogens is 1090 g/mol. The van der Waals surface area contributed by atoms with Crippen LogP contribution in [0, 0.1) is 0 Å². The van der Waals surface area contributed by atoms with Gasteiger partial charge in [0.25, 0.3) is 0 Å². The predicted octanol–water partition coefficient (Wildman–Crippen LogP) is 7.97. The Morgan fingerprint density at radius 1 is 0.481 bits per heavy atom. The normalized spacial score (nSPS) is 15.7. The summed E-state index contributed by atoms with van der Waals surface area (Å²) in [6.45, 7) is 13.5. The summed E-state index contributed by atoms with van der Waals surface area (Å²) in [5, 5.41) is 6.54. The fourth-order valence-corrected chi connectivity index (χ4v) is 10.6. The largest absolute Gasteiger partial charge is 0.378 e. The number of anilines is 6. The minimum Gasteiger partial charge on any atom is -0.378 e. The van der Waals surface area contributed by atoms with Crippen LogP contribution >= 0.6 is 34.8 Å². The number of hydrogen-bond donors (Lipinski definition) is 2. The average Bonchev–Trinajstić information content (AvgIpc) is 3.95. The summed E-state index contributed by atoms with van der Waals surface area (Å²) in [4.78, 5) is 76.4. The van der Waals surface area contributed by atoms with Crippen molar-refractivity contribution >= 4 is 76.0 Å². The Kier molecular flexibility index (Phi) is 22.7. The Morgan fingerprint density at radius 2 is 0.877 bits per heavy atom. The number of urea groups is 1. The van der Waals surface area contributed by atoms with Crippen molar-refractivity contribution in [2.75, 3.05) is 128 Å².